The van der Waals surface area contributed by atoms with Crippen LogP contribution in [0.5, 0.6) is 0 Å². The Bertz CT molecular complexity index is 7640. The fraction of sp³-hybridized carbons (Fsp3) is 0.240. The first-order valence-corrected chi connectivity index (χ1v) is 44.8. The van der Waals surface area contributed by atoms with Crippen molar-refractivity contribution in [2.45, 2.75) is 145 Å². The predicted octanol–water partition coefficient (Wildman–Crippen LogP) is 8.73. The van der Waals surface area contributed by atoms with Gasteiger partial charge >= 0.3 is 5.97 Å². The van der Waals surface area contributed by atoms with E-state index in [4.69, 9.17) is 0 Å². The number of carboxylic acid groups (broad SMARTS) is 1. The van der Waals surface area contributed by atoms with Crippen LogP contribution in [0.15, 0.2) is 245 Å². The Hall–Kier alpha value is -11.0. The number of hydrogen-bond donors (Lipinski definition) is 1. The van der Waals surface area contributed by atoms with E-state index in [9.17, 15) is 24.3 Å². The monoisotopic (exact) mass is 1890 g/mol. The van der Waals surface area contributed by atoms with Crippen molar-refractivity contribution in [1.82, 2.24) is 27.4 Å². The maximum absolute atomic E-state index is 13.7. The van der Waals surface area contributed by atoms with Crippen molar-refractivity contribution >= 4 is 176 Å². The highest BCUT2D eigenvalue weighted by molar-refractivity contribution is 7.08. The second-order valence-electron chi connectivity index (χ2n) is 32.9. The molecular weight excluding hydrogens is 1790 g/mol. The summed E-state index contributed by atoms with van der Waals surface area (Å²) in [7, 11) is 0. The quantitative estimate of drug-likeness (QED) is 0.0914. The molecule has 0 fully saturated rings. The predicted molar refractivity (Wildman–Crippen MR) is 507 cm³/mol. The average Bonchev–Trinajstić information content (AvgIpc) is 1.58. The van der Waals surface area contributed by atoms with Crippen LogP contribution in [0.25, 0.3) is 108 Å². The molecule has 10 aromatic carbocycles. The minimum atomic E-state index is -1.04. The number of nitrogens with zero attached hydrogens (tertiary/aromatic N) is 9. The number of aromatic nitrogens is 6. The molecule has 0 spiro atoms. The molecule has 6 aromatic heterocycles. The fourth-order valence-electron chi connectivity index (χ4n) is 19.0. The standard InChI is InChI=1S/C37H34N3OS.C34H36N3OS.C33H31N3O3S.3BrH/c1-5-38-32-19-13-11-17-29(32)37(3,4)34(38)24-35-39(6-2)36(41)33(42-35)23-25-20-21-31-28(22-25)27-16-10-12-18-30(27)40(31)26-14-8-7-9-15-26;1-6-19-37-27-15-11-9-13-24(27)25-20-23(17-18-28(25)37)21-30-33(38)36(8-3)32(39-30)22-31-34(4,5)26-14-10-12-16-29(26)35(31)7-2;1-5-34-25-13-9-7-11-22(25)23-17-21(15-16-26(23)34)18-28-32(39)36(20-31(37)38)30(40-28)19-29-33(3,4)24-12-8-10-14-27(24)35(29)6-2;;;/h7-24H,5-6H2,1-4H3;9-18,20-22H,6-8,19H2,1-5H3;7-19H,5-6,20H2,1-4H3;3*1H/q2*+1;;;;/p-2/b33-23+;30-21+;28-18+;;;. The van der Waals surface area contributed by atoms with Gasteiger partial charge in [-0.05, 0) is 191 Å². The summed E-state index contributed by atoms with van der Waals surface area (Å²) in [6, 6.07) is 81.0. The van der Waals surface area contributed by atoms with Crippen LogP contribution in [0, 0.1) is 0 Å². The molecule has 3 aliphatic heterocycles. The van der Waals surface area contributed by atoms with Crippen LogP contribution in [-0.4, -0.2) is 89.0 Å². The molecule has 3 aliphatic rings. The van der Waals surface area contributed by atoms with Crippen LogP contribution < -0.4 is 95.2 Å². The summed E-state index contributed by atoms with van der Waals surface area (Å²) in [5.41, 5.74) is 21.7. The fourth-order valence-corrected chi connectivity index (χ4v) is 22.3. The number of para-hydroxylation sites is 7. The zero-order valence-corrected chi connectivity index (χ0v) is 79.4. The van der Waals surface area contributed by atoms with Crippen molar-refractivity contribution in [3.05, 3.63) is 323 Å². The van der Waals surface area contributed by atoms with E-state index in [1.165, 1.54) is 104 Å². The van der Waals surface area contributed by atoms with Gasteiger partial charge in [-0.3, -0.25) is 32.9 Å². The third-order valence-electron chi connectivity index (χ3n) is 24.8. The van der Waals surface area contributed by atoms with Crippen molar-refractivity contribution in [2.24, 2.45) is 0 Å². The first-order valence-electron chi connectivity index (χ1n) is 42.4. The van der Waals surface area contributed by atoms with Gasteiger partial charge in [0.05, 0.1) is 40.9 Å². The highest BCUT2D eigenvalue weighted by Crippen LogP contribution is 2.43. The topological polar surface area (TPSA) is 127 Å². The maximum Gasteiger partial charge on any atom is 0.323 e. The molecule has 632 valence electrons. The molecule has 9 heterocycles. The summed E-state index contributed by atoms with van der Waals surface area (Å²) < 4.78 is 24.0. The zero-order chi connectivity index (χ0) is 84.5. The van der Waals surface area contributed by atoms with Gasteiger partial charge in [-0.1, -0.05) is 153 Å². The van der Waals surface area contributed by atoms with Crippen LogP contribution in [0.2, 0.25) is 0 Å². The summed E-state index contributed by atoms with van der Waals surface area (Å²) in [5, 5.41) is 16.9. The van der Waals surface area contributed by atoms with Crippen molar-refractivity contribution < 1.29 is 74.6 Å². The molecule has 19 rings (SSSR count). The van der Waals surface area contributed by atoms with Crippen LogP contribution in [0.3, 0.4) is 0 Å². The lowest BCUT2D eigenvalue weighted by Crippen LogP contribution is -3.00. The van der Waals surface area contributed by atoms with E-state index in [0.717, 1.165) is 108 Å². The number of carboxylic acids is 1. The van der Waals surface area contributed by atoms with Gasteiger partial charge in [-0.15, -0.1) is 34.0 Å². The minimum absolute atomic E-state index is 0. The smallest absolute Gasteiger partial charge is 0.323 e. The third-order valence-corrected chi connectivity index (χ3v) is 28.0. The molecule has 0 radical (unpaired) electrons. The van der Waals surface area contributed by atoms with Crippen molar-refractivity contribution in [2.75, 3.05) is 19.6 Å². The Labute approximate surface area is 764 Å². The van der Waals surface area contributed by atoms with E-state index < -0.39 is 5.97 Å². The molecule has 0 saturated heterocycles. The van der Waals surface area contributed by atoms with Gasteiger partial charge in [0.2, 0.25) is 17.1 Å². The average molecular weight is 1890 g/mol. The lowest BCUT2D eigenvalue weighted by Gasteiger charge is -2.15. The Kier molecular flexibility index (Phi) is 26.2. The van der Waals surface area contributed by atoms with Gasteiger partial charge < -0.3 is 69.8 Å². The number of fused-ring (bicyclic) bond motifs is 12. The summed E-state index contributed by atoms with van der Waals surface area (Å²) in [5.74, 6) is -1.04. The van der Waals surface area contributed by atoms with Gasteiger partial charge in [0.15, 0.2) is 17.1 Å². The Morgan fingerprint density at radius 1 is 0.347 bits per heavy atom. The molecule has 1 N–H and O–H groups in total. The van der Waals surface area contributed by atoms with Gasteiger partial charge in [-0.25, -0.2) is 0 Å². The Balaban J connectivity index is 0.000000150. The molecule has 0 saturated carbocycles. The van der Waals surface area contributed by atoms with Gasteiger partial charge in [0, 0.05) is 139 Å². The van der Waals surface area contributed by atoms with E-state index in [0.29, 0.717) is 22.3 Å². The lowest BCUT2D eigenvalue weighted by atomic mass is 9.81. The Morgan fingerprint density at radius 3 is 1.04 bits per heavy atom. The van der Waals surface area contributed by atoms with Gasteiger partial charge in [0.1, 0.15) is 40.2 Å². The number of hydrogen-bond acceptors (Lipinski definition) is 7. The highest BCUT2D eigenvalue weighted by Gasteiger charge is 2.46. The van der Waals surface area contributed by atoms with Crippen molar-refractivity contribution in [3.63, 3.8) is 0 Å². The first-order chi connectivity index (χ1) is 58.5. The van der Waals surface area contributed by atoms with Gasteiger partial charge in [0.25, 0.3) is 16.7 Å². The SMILES string of the molecule is CCCn1c2ccccc2c2cc(/C=c3/s/c(=C\C4=[N+](CC)c5ccccc5C4(C)C)n(CC)c3=O)ccc21.CCn1c(=O)/c(=C\c2ccc3c(c2)c2ccccc2n3-c2ccccc2)s/c1=C\C1=[N+](CC)c2ccccc2C1(C)C.CCn1c2ccccc2c2cc(/C=c3/s/c(=C\C4=[N+](CC)c5ccccc5C4(C)C)n(CC(=O)O)c3=O)ccc21.[Br-].[Br-].[Br-]. The molecular formula is C104H102Br3N9O5S3. The second-order valence-corrected chi connectivity index (χ2v) is 36.1. The second kappa shape index (κ2) is 36.3. The summed E-state index contributed by atoms with van der Waals surface area (Å²) in [6.45, 7) is 33.7. The largest absolute Gasteiger partial charge is 1.00 e. The summed E-state index contributed by atoms with van der Waals surface area (Å²) in [4.78, 5) is 52.7. The number of benzene rings is 10. The first kappa shape index (κ1) is 89.3. The van der Waals surface area contributed by atoms with E-state index >= 15 is 0 Å². The number of carbonyl (C=O) groups is 1. The van der Waals surface area contributed by atoms with Crippen molar-refractivity contribution in [1.29, 1.82) is 0 Å². The highest BCUT2D eigenvalue weighted by atomic mass is 79.9. The van der Waals surface area contributed by atoms with Crippen LogP contribution in [0.1, 0.15) is 130 Å². The maximum atomic E-state index is 13.7. The molecule has 0 bridgehead atoms. The van der Waals surface area contributed by atoms with Crippen molar-refractivity contribution in [3.8, 4) is 5.69 Å². The number of halogens is 3. The van der Waals surface area contributed by atoms with E-state index in [1.807, 2.05) is 51.6 Å². The molecule has 20 heteroatoms. The zero-order valence-electron chi connectivity index (χ0n) is 72.2. The number of aliphatic carboxylic acids is 1. The molecule has 124 heavy (non-hydrogen) atoms. The molecule has 0 aliphatic carbocycles. The molecule has 16 aromatic rings. The third kappa shape index (κ3) is 15.7. The number of rotatable bonds is 17. The lowest BCUT2D eigenvalue weighted by molar-refractivity contribution is -0.432. The van der Waals surface area contributed by atoms with Crippen LogP contribution >= 0.6 is 34.0 Å². The normalized spacial score (nSPS) is 15.1. The molecule has 14 nitrogen and oxygen atoms in total. The summed E-state index contributed by atoms with van der Waals surface area (Å²) >= 11 is 4.52. The van der Waals surface area contributed by atoms with E-state index in [2.05, 4.69) is 342 Å². The van der Waals surface area contributed by atoms with E-state index in [-0.39, 0.29) is 90.4 Å². The number of aryl methyl sites for hydroxylation is 2. The molecule has 0 unspecified atom stereocenters. The summed E-state index contributed by atoms with van der Waals surface area (Å²) in [6.07, 6.45) is 13.6. The molecule has 0 amide bonds. The van der Waals surface area contributed by atoms with E-state index in [1.54, 1.807) is 22.7 Å². The molecule has 0 atom stereocenters. The Morgan fingerprint density at radius 2 is 0.653 bits per heavy atom. The van der Waals surface area contributed by atoms with Crippen LogP contribution in [-0.2, 0) is 53.8 Å². The van der Waals surface area contributed by atoms with Gasteiger partial charge in [-0.2, -0.15) is 13.7 Å². The number of thiazole rings is 3. The van der Waals surface area contributed by atoms with Crippen LogP contribution in [0.4, 0.5) is 17.1 Å². The minimum Gasteiger partial charge on any atom is -1.00 e.